The van der Waals surface area contributed by atoms with E-state index in [9.17, 15) is 9.59 Å². The van der Waals surface area contributed by atoms with Gasteiger partial charge in [-0.25, -0.2) is 4.79 Å². The topological polar surface area (TPSA) is 73.9 Å². The van der Waals surface area contributed by atoms with E-state index in [0.717, 1.165) is 16.8 Å². The van der Waals surface area contributed by atoms with Gasteiger partial charge in [-0.15, -0.1) is 11.3 Å². The Morgan fingerprint density at radius 3 is 2.69 bits per heavy atom. The Balaban J connectivity index is 1.39. The molecule has 3 aromatic rings. The highest BCUT2D eigenvalue weighted by atomic mass is 32.1. The predicted molar refractivity (Wildman–Crippen MR) is 136 cm³/mol. The number of carbonyl (C=O) groups excluding carboxylic acids is 2. The molecule has 2 aromatic carbocycles. The molecule has 6 rings (SSSR count). The number of Topliss-reactive ketones (excluding diaryl/α,β-unsaturated/α-hetero) is 1. The molecule has 0 radical (unpaired) electrons. The summed E-state index contributed by atoms with van der Waals surface area (Å²) < 4.78 is 16.9. The maximum absolute atomic E-state index is 13.7. The van der Waals surface area contributed by atoms with Crippen molar-refractivity contribution in [1.29, 1.82) is 0 Å². The first-order valence-electron chi connectivity index (χ1n) is 12.0. The van der Waals surface area contributed by atoms with Crippen LogP contribution in [0.25, 0.3) is 0 Å². The van der Waals surface area contributed by atoms with Crippen LogP contribution < -0.4 is 14.8 Å². The predicted octanol–water partition coefficient (Wildman–Crippen LogP) is 5.58. The number of benzene rings is 2. The molecule has 1 aromatic heterocycles. The number of ketones is 1. The number of carbonyl (C=O) groups is 2. The van der Waals surface area contributed by atoms with Crippen LogP contribution in [0, 0.1) is 0 Å². The largest absolute Gasteiger partial charge is 0.457 e. The van der Waals surface area contributed by atoms with Crippen LogP contribution in [-0.4, -0.2) is 18.5 Å². The van der Waals surface area contributed by atoms with Gasteiger partial charge in [0, 0.05) is 40.1 Å². The molecule has 3 heterocycles. The van der Waals surface area contributed by atoms with Gasteiger partial charge in [-0.05, 0) is 48.1 Å². The fraction of sp³-hybridized carbons (Fsp3) is 0.241. The van der Waals surface area contributed by atoms with Crippen molar-refractivity contribution in [2.75, 3.05) is 6.79 Å². The van der Waals surface area contributed by atoms with Crippen molar-refractivity contribution in [1.82, 2.24) is 5.32 Å². The highest BCUT2D eigenvalue weighted by Crippen LogP contribution is 2.47. The number of esters is 1. The summed E-state index contributed by atoms with van der Waals surface area (Å²) in [6.45, 7) is 2.19. The first kappa shape index (κ1) is 22.6. The standard InChI is InChI=1S/C29H25NO5S/c1-17-26(29(32)33-15-18-6-3-2-4-7-18)27(19-9-10-23-24(14-19)35-16-34-23)28-21(30-17)12-20(13-22(28)31)25-8-5-11-36-25/h2-11,14,20,27,30H,12-13,15-16H2,1H3/t20-,27+/m1/s1. The third kappa shape index (κ3) is 4.09. The molecular weight excluding hydrogens is 474 g/mol. The van der Waals surface area contributed by atoms with Gasteiger partial charge in [0.1, 0.15) is 6.61 Å². The molecule has 0 saturated carbocycles. The quantitative estimate of drug-likeness (QED) is 0.462. The first-order chi connectivity index (χ1) is 17.6. The van der Waals surface area contributed by atoms with E-state index in [1.54, 1.807) is 11.3 Å². The molecule has 2 aliphatic heterocycles. The Kier molecular flexibility index (Phi) is 5.85. The van der Waals surface area contributed by atoms with Crippen molar-refractivity contribution < 1.29 is 23.8 Å². The van der Waals surface area contributed by atoms with Crippen molar-refractivity contribution in [2.24, 2.45) is 0 Å². The normalized spacial score (nSPS) is 20.8. The monoisotopic (exact) mass is 499 g/mol. The smallest absolute Gasteiger partial charge is 0.337 e. The summed E-state index contributed by atoms with van der Waals surface area (Å²) in [7, 11) is 0. The van der Waals surface area contributed by atoms with E-state index in [0.29, 0.717) is 41.2 Å². The van der Waals surface area contributed by atoms with Crippen LogP contribution in [0.2, 0.25) is 0 Å². The molecule has 1 aliphatic carbocycles. The van der Waals surface area contributed by atoms with Gasteiger partial charge in [0.25, 0.3) is 0 Å². The maximum atomic E-state index is 13.7. The van der Waals surface area contributed by atoms with Crippen molar-refractivity contribution in [3.05, 3.63) is 105 Å². The highest BCUT2D eigenvalue weighted by molar-refractivity contribution is 7.10. The van der Waals surface area contributed by atoms with Gasteiger partial charge in [0.05, 0.1) is 5.57 Å². The van der Waals surface area contributed by atoms with Gasteiger partial charge in [-0.3, -0.25) is 4.79 Å². The lowest BCUT2D eigenvalue weighted by atomic mass is 9.72. The molecule has 1 N–H and O–H groups in total. The summed E-state index contributed by atoms with van der Waals surface area (Å²) in [6, 6.07) is 19.3. The van der Waals surface area contributed by atoms with E-state index in [1.807, 2.05) is 66.9 Å². The maximum Gasteiger partial charge on any atom is 0.337 e. The lowest BCUT2D eigenvalue weighted by molar-refractivity contribution is -0.140. The van der Waals surface area contributed by atoms with Gasteiger partial charge in [-0.1, -0.05) is 42.5 Å². The molecule has 0 spiro atoms. The van der Waals surface area contributed by atoms with Crippen molar-refractivity contribution in [2.45, 2.75) is 38.2 Å². The highest BCUT2D eigenvalue weighted by Gasteiger charge is 2.42. The molecule has 182 valence electrons. The van der Waals surface area contributed by atoms with Gasteiger partial charge < -0.3 is 19.5 Å². The number of fused-ring (bicyclic) bond motifs is 1. The van der Waals surface area contributed by atoms with Crippen molar-refractivity contribution >= 4 is 23.1 Å². The molecule has 0 saturated heterocycles. The Bertz CT molecular complexity index is 1390. The van der Waals surface area contributed by atoms with E-state index >= 15 is 0 Å². The number of thiophene rings is 1. The Labute approximate surface area is 213 Å². The molecular formula is C29H25NO5S. The van der Waals surface area contributed by atoms with E-state index in [4.69, 9.17) is 14.2 Å². The Morgan fingerprint density at radius 1 is 1.06 bits per heavy atom. The van der Waals surface area contributed by atoms with Gasteiger partial charge in [0.2, 0.25) is 6.79 Å². The van der Waals surface area contributed by atoms with Gasteiger partial charge in [0.15, 0.2) is 17.3 Å². The van der Waals surface area contributed by atoms with Crippen LogP contribution in [0.4, 0.5) is 0 Å². The van der Waals surface area contributed by atoms with Crippen LogP contribution in [-0.2, 0) is 20.9 Å². The van der Waals surface area contributed by atoms with Crippen molar-refractivity contribution in [3.63, 3.8) is 0 Å². The third-order valence-electron chi connectivity index (χ3n) is 6.94. The fourth-order valence-corrected chi connectivity index (χ4v) is 6.09. The molecule has 2 atom stereocenters. The summed E-state index contributed by atoms with van der Waals surface area (Å²) in [6.07, 6.45) is 1.12. The van der Waals surface area contributed by atoms with Crippen LogP contribution in [0.1, 0.15) is 47.6 Å². The summed E-state index contributed by atoms with van der Waals surface area (Å²) in [5.74, 6) is 0.458. The molecule has 0 amide bonds. The third-order valence-corrected chi connectivity index (χ3v) is 7.97. The summed E-state index contributed by atoms with van der Waals surface area (Å²) >= 11 is 1.67. The summed E-state index contributed by atoms with van der Waals surface area (Å²) in [4.78, 5) is 28.4. The number of dihydropyridines is 1. The molecule has 6 nitrogen and oxygen atoms in total. The zero-order valence-electron chi connectivity index (χ0n) is 19.8. The molecule has 0 unspecified atom stereocenters. The number of nitrogens with one attached hydrogen (secondary N) is 1. The minimum atomic E-state index is -0.546. The zero-order valence-corrected chi connectivity index (χ0v) is 20.6. The van der Waals surface area contributed by atoms with E-state index in [1.165, 1.54) is 4.88 Å². The van der Waals surface area contributed by atoms with E-state index < -0.39 is 11.9 Å². The van der Waals surface area contributed by atoms with Crippen LogP contribution >= 0.6 is 11.3 Å². The van der Waals surface area contributed by atoms with Crippen LogP contribution in [0.3, 0.4) is 0 Å². The zero-order chi connectivity index (χ0) is 24.6. The number of hydrogen-bond acceptors (Lipinski definition) is 7. The second-order valence-electron chi connectivity index (χ2n) is 9.21. The second kappa shape index (κ2) is 9.32. The molecule has 3 aliphatic rings. The Hall–Kier alpha value is -3.84. The number of ether oxygens (including phenoxy) is 3. The molecule has 0 fully saturated rings. The minimum absolute atomic E-state index is 0.0469. The number of hydrogen-bond donors (Lipinski definition) is 1. The van der Waals surface area contributed by atoms with Gasteiger partial charge >= 0.3 is 5.97 Å². The van der Waals surface area contributed by atoms with Crippen LogP contribution in [0.15, 0.2) is 88.6 Å². The average molecular weight is 500 g/mol. The molecule has 36 heavy (non-hydrogen) atoms. The first-order valence-corrected chi connectivity index (χ1v) is 12.8. The fourth-order valence-electron chi connectivity index (χ4n) is 5.26. The number of allylic oxidation sites excluding steroid dienone is 3. The minimum Gasteiger partial charge on any atom is -0.457 e. The Morgan fingerprint density at radius 2 is 1.89 bits per heavy atom. The van der Waals surface area contributed by atoms with Gasteiger partial charge in [-0.2, -0.15) is 0 Å². The molecule has 0 bridgehead atoms. The molecule has 7 heteroatoms. The SMILES string of the molecule is CC1=C(C(=O)OCc2ccccc2)[C@H](c2ccc3c(c2)OCO3)C2=C(C[C@@H](c3cccs3)CC2=O)N1. The lowest BCUT2D eigenvalue weighted by Crippen LogP contribution is -2.36. The van der Waals surface area contributed by atoms with E-state index in [2.05, 4.69) is 11.4 Å². The van der Waals surface area contributed by atoms with E-state index in [-0.39, 0.29) is 25.1 Å². The summed E-state index contributed by atoms with van der Waals surface area (Å²) in [5.41, 5.74) is 4.38. The second-order valence-corrected chi connectivity index (χ2v) is 10.2. The summed E-state index contributed by atoms with van der Waals surface area (Å²) in [5, 5.41) is 5.45. The number of rotatable bonds is 5. The van der Waals surface area contributed by atoms with Crippen LogP contribution in [0.5, 0.6) is 11.5 Å². The van der Waals surface area contributed by atoms with Crippen molar-refractivity contribution in [3.8, 4) is 11.5 Å². The average Bonchev–Trinajstić information content (AvgIpc) is 3.59. The lowest BCUT2D eigenvalue weighted by Gasteiger charge is -2.36.